The lowest BCUT2D eigenvalue weighted by molar-refractivity contribution is 0.0989. The van der Waals surface area contributed by atoms with Crippen LogP contribution in [0.5, 0.6) is 11.5 Å². The van der Waals surface area contributed by atoms with Crippen molar-refractivity contribution in [2.24, 2.45) is 0 Å². The van der Waals surface area contributed by atoms with Crippen LogP contribution < -0.4 is 4.74 Å². The topological polar surface area (TPSA) is 26.3 Å². The van der Waals surface area contributed by atoms with Gasteiger partial charge < -0.3 is 4.74 Å². The van der Waals surface area contributed by atoms with Crippen LogP contribution in [0.4, 0.5) is 0 Å². The third kappa shape index (κ3) is 4.92. The van der Waals surface area contributed by atoms with Gasteiger partial charge in [-0.05, 0) is 48.1 Å². The highest BCUT2D eigenvalue weighted by molar-refractivity contribution is 7.99. The molecule has 0 saturated carbocycles. The maximum atomic E-state index is 12.3. The van der Waals surface area contributed by atoms with E-state index in [0.29, 0.717) is 11.7 Å². The van der Waals surface area contributed by atoms with Gasteiger partial charge in [0.1, 0.15) is 11.5 Å². The second kappa shape index (κ2) is 8.04. The lowest BCUT2D eigenvalue weighted by Crippen LogP contribution is -2.04. The van der Waals surface area contributed by atoms with E-state index in [2.05, 4.69) is 13.8 Å². The summed E-state index contributed by atoms with van der Waals surface area (Å²) in [7, 11) is 0. The van der Waals surface area contributed by atoms with Crippen LogP contribution in [0.2, 0.25) is 0 Å². The van der Waals surface area contributed by atoms with Crippen molar-refractivity contribution in [3.63, 3.8) is 0 Å². The molecule has 0 aliphatic heterocycles. The third-order valence-corrected chi connectivity index (χ3v) is 4.36. The molecule has 0 fully saturated rings. The molecule has 0 saturated heterocycles. The molecule has 0 spiro atoms. The lowest BCUT2D eigenvalue weighted by Gasteiger charge is -2.10. The lowest BCUT2D eigenvalue weighted by atomic mass is 10.0. The molecule has 0 unspecified atom stereocenters. The Balaban J connectivity index is 2.01. The Kier molecular flexibility index (Phi) is 6.08. The van der Waals surface area contributed by atoms with Gasteiger partial charge >= 0.3 is 0 Å². The molecule has 3 heteroatoms. The van der Waals surface area contributed by atoms with Crippen LogP contribution in [0.3, 0.4) is 0 Å². The summed E-state index contributed by atoms with van der Waals surface area (Å²) in [6.45, 7) is 6.26. The maximum absolute atomic E-state index is 12.3. The van der Waals surface area contributed by atoms with Gasteiger partial charge in [-0.3, -0.25) is 4.79 Å². The summed E-state index contributed by atoms with van der Waals surface area (Å²) in [5, 5.41) is 0.565. The predicted octanol–water partition coefficient (Wildman–Crippen LogP) is 5.50. The molecule has 0 radical (unpaired) electrons. The minimum absolute atomic E-state index is 0.205. The van der Waals surface area contributed by atoms with Gasteiger partial charge in [0.05, 0.1) is 0 Å². The van der Waals surface area contributed by atoms with Crippen LogP contribution in [0.1, 0.15) is 36.2 Å². The summed E-state index contributed by atoms with van der Waals surface area (Å²) in [6.07, 6.45) is 0.586. The number of benzene rings is 2. The van der Waals surface area contributed by atoms with E-state index < -0.39 is 0 Å². The monoisotopic (exact) mass is 314 g/mol. The molecule has 2 aromatic carbocycles. The first-order valence-corrected chi connectivity index (χ1v) is 8.59. The molecule has 0 aliphatic rings. The zero-order chi connectivity index (χ0) is 15.9. The van der Waals surface area contributed by atoms with Gasteiger partial charge in [-0.1, -0.05) is 32.0 Å². The average molecular weight is 314 g/mol. The van der Waals surface area contributed by atoms with Gasteiger partial charge in [-0.2, -0.15) is 11.8 Å². The molecule has 0 heterocycles. The van der Waals surface area contributed by atoms with Crippen molar-refractivity contribution < 1.29 is 9.53 Å². The smallest absolute Gasteiger partial charge is 0.163 e. The van der Waals surface area contributed by atoms with E-state index in [1.807, 2.05) is 67.2 Å². The molecular formula is C19H22O2S. The molecule has 0 aromatic heterocycles. The van der Waals surface area contributed by atoms with Gasteiger partial charge in [-0.15, -0.1) is 0 Å². The molecule has 2 aromatic rings. The van der Waals surface area contributed by atoms with Crippen molar-refractivity contribution in [1.29, 1.82) is 0 Å². The van der Waals surface area contributed by atoms with E-state index in [1.54, 1.807) is 0 Å². The highest BCUT2D eigenvalue weighted by Crippen LogP contribution is 2.24. The Labute approximate surface area is 136 Å². The second-order valence-corrected chi connectivity index (χ2v) is 7.17. The molecule has 0 N–H and O–H groups in total. The van der Waals surface area contributed by atoms with Crippen molar-refractivity contribution in [3.8, 4) is 11.5 Å². The molecule has 0 atom stereocenters. The highest BCUT2D eigenvalue weighted by atomic mass is 32.2. The number of carbonyl (C=O) groups is 1. The van der Waals surface area contributed by atoms with Crippen LogP contribution in [0, 0.1) is 6.92 Å². The number of thioether (sulfide) groups is 1. The van der Waals surface area contributed by atoms with Crippen LogP contribution in [-0.4, -0.2) is 16.8 Å². The molecule has 22 heavy (non-hydrogen) atoms. The normalized spacial score (nSPS) is 10.7. The minimum atomic E-state index is 0.205. The number of hydrogen-bond acceptors (Lipinski definition) is 3. The molecule has 116 valence electrons. The molecule has 2 rings (SSSR count). The number of ketones is 1. The molecule has 0 bridgehead atoms. The zero-order valence-electron chi connectivity index (χ0n) is 13.3. The van der Waals surface area contributed by atoms with E-state index in [4.69, 9.17) is 4.74 Å². The van der Waals surface area contributed by atoms with Crippen LogP contribution in [-0.2, 0) is 0 Å². The van der Waals surface area contributed by atoms with E-state index >= 15 is 0 Å². The summed E-state index contributed by atoms with van der Waals surface area (Å²) in [5.74, 6) is 2.64. The fraction of sp³-hybridized carbons (Fsp3) is 0.316. The molecule has 2 nitrogen and oxygen atoms in total. The Morgan fingerprint density at radius 3 is 2.45 bits per heavy atom. The maximum Gasteiger partial charge on any atom is 0.163 e. The number of hydrogen-bond donors (Lipinski definition) is 0. The molecular weight excluding hydrogens is 292 g/mol. The van der Waals surface area contributed by atoms with Gasteiger partial charge in [0.15, 0.2) is 5.78 Å². The first kappa shape index (κ1) is 16.6. The van der Waals surface area contributed by atoms with E-state index in [9.17, 15) is 4.79 Å². The quantitative estimate of drug-likeness (QED) is 0.631. The number of Topliss-reactive ketones (excluding diaryl/α,β-unsaturated/α-hetero) is 1. The Morgan fingerprint density at radius 1 is 1.09 bits per heavy atom. The minimum Gasteiger partial charge on any atom is -0.457 e. The summed E-state index contributed by atoms with van der Waals surface area (Å²) in [4.78, 5) is 12.3. The van der Waals surface area contributed by atoms with Crippen molar-refractivity contribution in [1.82, 2.24) is 0 Å². The van der Waals surface area contributed by atoms with Crippen molar-refractivity contribution in [2.75, 3.05) is 5.75 Å². The fourth-order valence-corrected chi connectivity index (χ4v) is 2.93. The Hall–Kier alpha value is -1.74. The predicted molar refractivity (Wildman–Crippen MR) is 94.2 cm³/mol. The average Bonchev–Trinajstić information content (AvgIpc) is 2.48. The van der Waals surface area contributed by atoms with E-state index in [0.717, 1.165) is 28.4 Å². The number of aryl methyl sites for hydroxylation is 1. The van der Waals surface area contributed by atoms with Crippen LogP contribution in [0.25, 0.3) is 0 Å². The number of carbonyl (C=O) groups excluding carboxylic acids is 1. The Bertz CT molecular complexity index is 621. The molecule has 0 aliphatic carbocycles. The standard InChI is InChI=1S/C19H22O2S/c1-14(2)22-12-11-19(20)18-10-9-17(13-15(18)3)21-16-7-5-4-6-8-16/h4-10,13-14H,11-12H2,1-3H3. The first-order chi connectivity index (χ1) is 10.6. The van der Waals surface area contributed by atoms with Crippen molar-refractivity contribution in [3.05, 3.63) is 59.7 Å². The van der Waals surface area contributed by atoms with Crippen molar-refractivity contribution >= 4 is 17.5 Å². The van der Waals surface area contributed by atoms with Gasteiger partial charge in [-0.25, -0.2) is 0 Å². The van der Waals surface area contributed by atoms with Gasteiger partial charge in [0.25, 0.3) is 0 Å². The van der Waals surface area contributed by atoms with Crippen molar-refractivity contribution in [2.45, 2.75) is 32.4 Å². The third-order valence-electron chi connectivity index (χ3n) is 3.26. The van der Waals surface area contributed by atoms with E-state index in [-0.39, 0.29) is 5.78 Å². The first-order valence-electron chi connectivity index (χ1n) is 7.54. The summed E-state index contributed by atoms with van der Waals surface area (Å²) < 4.78 is 5.79. The highest BCUT2D eigenvalue weighted by Gasteiger charge is 2.10. The second-order valence-electron chi connectivity index (χ2n) is 5.48. The fourth-order valence-electron chi connectivity index (χ4n) is 2.16. The summed E-state index contributed by atoms with van der Waals surface area (Å²) in [6, 6.07) is 15.3. The Morgan fingerprint density at radius 2 is 1.82 bits per heavy atom. The van der Waals surface area contributed by atoms with Crippen LogP contribution >= 0.6 is 11.8 Å². The molecule has 0 amide bonds. The van der Waals surface area contributed by atoms with Crippen LogP contribution in [0.15, 0.2) is 48.5 Å². The number of rotatable bonds is 7. The summed E-state index contributed by atoms with van der Waals surface area (Å²) in [5.41, 5.74) is 1.76. The SMILES string of the molecule is Cc1cc(Oc2ccccc2)ccc1C(=O)CCSC(C)C. The van der Waals surface area contributed by atoms with Gasteiger partial charge in [0.2, 0.25) is 0 Å². The zero-order valence-corrected chi connectivity index (χ0v) is 14.2. The largest absolute Gasteiger partial charge is 0.457 e. The summed E-state index contributed by atoms with van der Waals surface area (Å²) >= 11 is 1.82. The number of para-hydroxylation sites is 1. The van der Waals surface area contributed by atoms with E-state index in [1.165, 1.54) is 0 Å². The van der Waals surface area contributed by atoms with Gasteiger partial charge in [0, 0.05) is 17.7 Å². The number of ether oxygens (including phenoxy) is 1.